The summed E-state index contributed by atoms with van der Waals surface area (Å²) in [6, 6.07) is 3.82. The third-order valence-corrected chi connectivity index (χ3v) is 5.33. The summed E-state index contributed by atoms with van der Waals surface area (Å²) in [6.45, 7) is 10.7. The Bertz CT molecular complexity index is 807. The van der Waals surface area contributed by atoms with E-state index in [1.54, 1.807) is 11.1 Å². The fourth-order valence-electron chi connectivity index (χ4n) is 3.89. The first-order valence-corrected chi connectivity index (χ1v) is 10.2. The van der Waals surface area contributed by atoms with Gasteiger partial charge in [-0.05, 0) is 30.9 Å². The summed E-state index contributed by atoms with van der Waals surface area (Å²) < 4.78 is 5.29. The second kappa shape index (κ2) is 8.26. The molecule has 0 saturated carbocycles. The third kappa shape index (κ3) is 4.16. The van der Waals surface area contributed by atoms with Gasteiger partial charge in [0.05, 0.1) is 0 Å². The minimum atomic E-state index is -0.184. The van der Waals surface area contributed by atoms with Crippen LogP contribution in [0.5, 0.6) is 0 Å². The first-order chi connectivity index (χ1) is 13.6. The molecule has 0 N–H and O–H groups in total. The minimum absolute atomic E-state index is 0.0619. The number of hydrogen-bond acceptors (Lipinski definition) is 7. The van der Waals surface area contributed by atoms with Gasteiger partial charge in [-0.2, -0.15) is 4.98 Å². The van der Waals surface area contributed by atoms with Gasteiger partial charge >= 0.3 is 11.8 Å². The fraction of sp³-hybridized carbons (Fsp3) is 0.600. The van der Waals surface area contributed by atoms with Gasteiger partial charge in [-0.15, -0.1) is 0 Å². The molecule has 0 radical (unpaired) electrons. The van der Waals surface area contributed by atoms with Crippen LogP contribution in [-0.4, -0.2) is 76.6 Å². The van der Waals surface area contributed by atoms with Crippen molar-refractivity contribution in [2.75, 3.05) is 50.7 Å². The number of hydrogen-bond donors (Lipinski definition) is 0. The van der Waals surface area contributed by atoms with Crippen LogP contribution in [-0.2, 0) is 0 Å². The number of amides is 1. The maximum absolute atomic E-state index is 12.7. The van der Waals surface area contributed by atoms with Crippen LogP contribution in [0.2, 0.25) is 0 Å². The molecular weight excluding hydrogens is 356 g/mol. The van der Waals surface area contributed by atoms with Crippen molar-refractivity contribution in [3.8, 4) is 11.4 Å². The van der Waals surface area contributed by atoms with Crippen LogP contribution >= 0.6 is 0 Å². The second-order valence-corrected chi connectivity index (χ2v) is 8.01. The lowest BCUT2D eigenvalue weighted by atomic mass is 10.2. The molecule has 4 heterocycles. The SMILES string of the molecule is CC(C)CN1CCN(C(=O)c2nc(-c3ccnc(N4CCCC4)c3)no2)CC1. The third-order valence-electron chi connectivity index (χ3n) is 5.33. The Morgan fingerprint density at radius 1 is 1.14 bits per heavy atom. The minimum Gasteiger partial charge on any atom is -0.357 e. The number of piperazine rings is 1. The lowest BCUT2D eigenvalue weighted by molar-refractivity contribution is 0.0576. The molecule has 0 bridgehead atoms. The lowest BCUT2D eigenvalue weighted by Crippen LogP contribution is -2.49. The Morgan fingerprint density at radius 3 is 2.61 bits per heavy atom. The van der Waals surface area contributed by atoms with Gasteiger partial charge in [-0.3, -0.25) is 9.69 Å². The zero-order chi connectivity index (χ0) is 19.5. The Labute approximate surface area is 165 Å². The first kappa shape index (κ1) is 18.9. The zero-order valence-corrected chi connectivity index (χ0v) is 16.7. The van der Waals surface area contributed by atoms with E-state index in [1.807, 2.05) is 12.1 Å². The summed E-state index contributed by atoms with van der Waals surface area (Å²) in [5, 5.41) is 4.03. The van der Waals surface area contributed by atoms with Crippen molar-refractivity contribution in [3.63, 3.8) is 0 Å². The molecule has 2 saturated heterocycles. The molecule has 150 valence electrons. The van der Waals surface area contributed by atoms with Gasteiger partial charge in [0, 0.05) is 57.6 Å². The van der Waals surface area contributed by atoms with Crippen LogP contribution in [0.15, 0.2) is 22.9 Å². The Kier molecular flexibility index (Phi) is 5.57. The highest BCUT2D eigenvalue weighted by molar-refractivity contribution is 5.90. The van der Waals surface area contributed by atoms with Gasteiger partial charge in [0.25, 0.3) is 0 Å². The van der Waals surface area contributed by atoms with Crippen LogP contribution in [0.1, 0.15) is 37.4 Å². The molecule has 0 spiro atoms. The molecule has 2 aromatic heterocycles. The molecule has 8 nitrogen and oxygen atoms in total. The van der Waals surface area contributed by atoms with E-state index in [-0.39, 0.29) is 11.8 Å². The summed E-state index contributed by atoms with van der Waals surface area (Å²) in [5.74, 6) is 1.87. The average molecular weight is 384 g/mol. The maximum Gasteiger partial charge on any atom is 0.316 e. The Morgan fingerprint density at radius 2 is 1.89 bits per heavy atom. The maximum atomic E-state index is 12.7. The van der Waals surface area contributed by atoms with Crippen LogP contribution in [0, 0.1) is 5.92 Å². The van der Waals surface area contributed by atoms with E-state index in [0.29, 0.717) is 24.8 Å². The van der Waals surface area contributed by atoms with Crippen molar-refractivity contribution >= 4 is 11.7 Å². The number of carbonyl (C=O) groups is 1. The van der Waals surface area contributed by atoms with Gasteiger partial charge in [0.15, 0.2) is 0 Å². The monoisotopic (exact) mass is 384 g/mol. The predicted octanol–water partition coefficient (Wildman–Crippen LogP) is 2.15. The number of carbonyl (C=O) groups excluding carboxylic acids is 1. The van der Waals surface area contributed by atoms with Gasteiger partial charge in [-0.25, -0.2) is 4.98 Å². The highest BCUT2D eigenvalue weighted by atomic mass is 16.5. The van der Waals surface area contributed by atoms with Gasteiger partial charge < -0.3 is 14.3 Å². The molecule has 2 fully saturated rings. The van der Waals surface area contributed by atoms with E-state index in [2.05, 4.69) is 38.8 Å². The van der Waals surface area contributed by atoms with E-state index >= 15 is 0 Å². The van der Waals surface area contributed by atoms with Crippen molar-refractivity contribution in [2.45, 2.75) is 26.7 Å². The second-order valence-electron chi connectivity index (χ2n) is 8.01. The van der Waals surface area contributed by atoms with E-state index in [4.69, 9.17) is 4.52 Å². The van der Waals surface area contributed by atoms with Crippen molar-refractivity contribution in [2.24, 2.45) is 5.92 Å². The number of rotatable bonds is 5. The van der Waals surface area contributed by atoms with Crippen LogP contribution in [0.3, 0.4) is 0 Å². The predicted molar refractivity (Wildman–Crippen MR) is 106 cm³/mol. The Hall–Kier alpha value is -2.48. The summed E-state index contributed by atoms with van der Waals surface area (Å²) in [7, 11) is 0. The average Bonchev–Trinajstić information content (AvgIpc) is 3.40. The highest BCUT2D eigenvalue weighted by Crippen LogP contribution is 2.23. The van der Waals surface area contributed by atoms with Crippen LogP contribution in [0.4, 0.5) is 5.82 Å². The highest BCUT2D eigenvalue weighted by Gasteiger charge is 2.27. The van der Waals surface area contributed by atoms with E-state index in [9.17, 15) is 4.79 Å². The number of aromatic nitrogens is 3. The fourth-order valence-corrected chi connectivity index (χ4v) is 3.89. The van der Waals surface area contributed by atoms with Gasteiger partial charge in [0.2, 0.25) is 5.82 Å². The molecule has 1 amide bonds. The summed E-state index contributed by atoms with van der Waals surface area (Å²) in [4.78, 5) is 28.0. The van der Waals surface area contributed by atoms with E-state index in [1.165, 1.54) is 12.8 Å². The number of nitrogens with zero attached hydrogens (tertiary/aromatic N) is 6. The topological polar surface area (TPSA) is 78.6 Å². The zero-order valence-electron chi connectivity index (χ0n) is 16.7. The van der Waals surface area contributed by atoms with Gasteiger partial charge in [0.1, 0.15) is 5.82 Å². The molecule has 0 atom stereocenters. The van der Waals surface area contributed by atoms with Crippen molar-refractivity contribution in [1.29, 1.82) is 0 Å². The molecule has 0 aliphatic carbocycles. The molecule has 8 heteroatoms. The molecular formula is C20H28N6O2. The number of pyridine rings is 1. The van der Waals surface area contributed by atoms with E-state index in [0.717, 1.165) is 44.1 Å². The smallest absolute Gasteiger partial charge is 0.316 e. The molecule has 28 heavy (non-hydrogen) atoms. The molecule has 0 aromatic carbocycles. The van der Waals surface area contributed by atoms with Crippen molar-refractivity contribution in [1.82, 2.24) is 24.9 Å². The standard InChI is InChI=1S/C20H28N6O2/c1-15(2)14-24-9-11-26(12-10-24)20(27)19-22-18(23-28-19)16-5-6-21-17(13-16)25-7-3-4-8-25/h5-6,13,15H,3-4,7-12,14H2,1-2H3. The lowest BCUT2D eigenvalue weighted by Gasteiger charge is -2.34. The molecule has 2 aromatic rings. The molecule has 2 aliphatic rings. The summed E-state index contributed by atoms with van der Waals surface area (Å²) in [5.41, 5.74) is 0.821. The van der Waals surface area contributed by atoms with Crippen LogP contribution < -0.4 is 4.90 Å². The summed E-state index contributed by atoms with van der Waals surface area (Å²) in [6.07, 6.45) is 4.14. The quantitative estimate of drug-likeness (QED) is 0.781. The van der Waals surface area contributed by atoms with Crippen molar-refractivity contribution in [3.05, 3.63) is 24.2 Å². The normalized spacial score (nSPS) is 18.2. The Balaban J connectivity index is 1.42. The van der Waals surface area contributed by atoms with Crippen molar-refractivity contribution < 1.29 is 9.32 Å². The van der Waals surface area contributed by atoms with E-state index < -0.39 is 0 Å². The molecule has 2 aliphatic heterocycles. The summed E-state index contributed by atoms with van der Waals surface area (Å²) >= 11 is 0. The largest absolute Gasteiger partial charge is 0.357 e. The number of anilines is 1. The molecule has 0 unspecified atom stereocenters. The first-order valence-electron chi connectivity index (χ1n) is 10.2. The molecule has 4 rings (SSSR count). The van der Waals surface area contributed by atoms with Crippen LogP contribution in [0.25, 0.3) is 11.4 Å². The van der Waals surface area contributed by atoms with Gasteiger partial charge in [-0.1, -0.05) is 19.0 Å².